The van der Waals surface area contributed by atoms with E-state index >= 15 is 0 Å². The molecule has 0 spiro atoms. The first-order valence-electron chi connectivity index (χ1n) is 21.8. The monoisotopic (exact) mass is 868 g/mol. The zero-order valence-corrected chi connectivity index (χ0v) is 35.3. The summed E-state index contributed by atoms with van der Waals surface area (Å²) in [4.78, 5) is 74.5. The lowest BCUT2D eigenvalue weighted by molar-refractivity contribution is -0.140. The largest absolute Gasteiger partial charge is 0.343 e. The van der Waals surface area contributed by atoms with Crippen LogP contribution in [0.2, 0.25) is 0 Å². The molecule has 8 aromatic heterocycles. The Morgan fingerprint density at radius 1 is 0.738 bits per heavy atom. The van der Waals surface area contributed by atoms with Gasteiger partial charge in [-0.15, -0.1) is 0 Å². The van der Waals surface area contributed by atoms with Crippen molar-refractivity contribution >= 4 is 62.8 Å². The average molecular weight is 869 g/mol. The second-order valence-electron chi connectivity index (χ2n) is 16.9. The smallest absolute Gasteiger partial charge is 0.246 e. The van der Waals surface area contributed by atoms with Gasteiger partial charge >= 0.3 is 0 Å². The lowest BCUT2D eigenvalue weighted by atomic mass is 10.0. The molecule has 11 rings (SSSR count). The first-order chi connectivity index (χ1) is 31.8. The molecule has 3 N–H and O–H groups in total. The summed E-state index contributed by atoms with van der Waals surface area (Å²) in [6, 6.07) is 15.3. The minimum atomic E-state index is -0.463. The molecule has 0 aliphatic carbocycles. The Morgan fingerprint density at radius 3 is 2.12 bits per heavy atom. The minimum Gasteiger partial charge on any atom is -0.343 e. The highest BCUT2D eigenvalue weighted by Crippen LogP contribution is 2.37. The highest BCUT2D eigenvalue weighted by molar-refractivity contribution is 6.01. The fourth-order valence-corrected chi connectivity index (χ4v) is 9.82. The molecule has 0 bridgehead atoms. The summed E-state index contributed by atoms with van der Waals surface area (Å²) >= 11 is 0. The number of amides is 4. The maximum Gasteiger partial charge on any atom is 0.246 e. The number of carbonyl (C=O) groups is 4. The van der Waals surface area contributed by atoms with Crippen molar-refractivity contribution in [2.24, 2.45) is 0 Å². The van der Waals surface area contributed by atoms with Crippen LogP contribution in [0.4, 0.5) is 0 Å². The van der Waals surface area contributed by atoms with E-state index < -0.39 is 11.9 Å². The van der Waals surface area contributed by atoms with E-state index in [9.17, 15) is 19.2 Å². The molecule has 3 aliphatic heterocycles. The Hall–Kier alpha value is -8.02. The highest BCUT2D eigenvalue weighted by atomic mass is 16.2. The first-order valence-corrected chi connectivity index (χ1v) is 21.8. The zero-order valence-electron chi connectivity index (χ0n) is 35.3. The number of hydrogen-bond acceptors (Lipinski definition) is 10. The lowest BCUT2D eigenvalue weighted by Gasteiger charge is -2.27. The number of hydrogen-bond donors (Lipinski definition) is 3. The second kappa shape index (κ2) is 16.3. The SMILES string of the molecule is C=CC(=O)N1CCC[C@H]1C(=O)N1CCC(c2cc3c(-c4cnn5ncccc45)cc(/C=C\C(=O)NCC(=O)N4CCC(c5cc6c(-c7cnn8ncccc78)ccnc6[nH]5)C4)nc3[nH]2)C1. The van der Waals surface area contributed by atoms with Crippen LogP contribution in [-0.4, -0.2) is 133 Å². The summed E-state index contributed by atoms with van der Waals surface area (Å²) in [6.07, 6.45) is 16.0. The normalized spacial score (nSPS) is 18.9. The second-order valence-corrected chi connectivity index (χ2v) is 16.9. The third-order valence-electron chi connectivity index (χ3n) is 13.1. The lowest BCUT2D eigenvalue weighted by Crippen LogP contribution is -2.46. The van der Waals surface area contributed by atoms with Gasteiger partial charge in [-0.1, -0.05) is 6.58 Å². The summed E-state index contributed by atoms with van der Waals surface area (Å²) in [7, 11) is 0. The number of H-pyrrole nitrogens is 2. The Balaban J connectivity index is 0.773. The molecule has 2 unspecified atom stereocenters. The summed E-state index contributed by atoms with van der Waals surface area (Å²) < 4.78 is 3.17. The van der Waals surface area contributed by atoms with Crippen LogP contribution in [0, 0.1) is 0 Å². The topological polar surface area (TPSA) is 208 Å². The molecule has 3 fully saturated rings. The standard InChI is InChI=1S/C47H44N14O4/c1-2-43(63)59-17-5-8-41(59)47(65)58-19-13-29(27-58)38-22-34-32(36-24-53-61-40(36)7-4-15-51-61)20-30(54-46(34)56-38)9-10-42(62)49-25-44(64)57-18-12-28(26-57)37-21-33-31(11-16-48-45(33)55-37)35-23-52-60-39(35)6-3-14-50-60/h2-4,6-7,9-11,14-16,20-24,28-29,41H,1,5,8,12-13,17-19,25-27H2,(H,48,55)(H,49,62)(H,54,56)/b10-9-/t28?,29?,41-/m0/s1. The van der Waals surface area contributed by atoms with E-state index in [1.807, 2.05) is 47.5 Å². The first kappa shape index (κ1) is 39.8. The molecular formula is C47H44N14O4. The van der Waals surface area contributed by atoms with Crippen molar-refractivity contribution in [3.8, 4) is 22.3 Å². The minimum absolute atomic E-state index is 0.0253. The molecule has 3 atom stereocenters. The van der Waals surface area contributed by atoms with E-state index in [0.717, 1.165) is 80.4 Å². The highest BCUT2D eigenvalue weighted by Gasteiger charge is 2.39. The number of aromatic nitrogens is 10. The predicted octanol–water partition coefficient (Wildman–Crippen LogP) is 4.50. The third-order valence-corrected chi connectivity index (χ3v) is 13.1. The summed E-state index contributed by atoms with van der Waals surface area (Å²) in [5.41, 5.74) is 9.22. The maximum absolute atomic E-state index is 13.6. The number of pyridine rings is 2. The van der Waals surface area contributed by atoms with Crippen molar-refractivity contribution < 1.29 is 19.2 Å². The fourth-order valence-electron chi connectivity index (χ4n) is 9.82. The molecular weight excluding hydrogens is 825 g/mol. The number of nitrogens with zero attached hydrogens (tertiary/aromatic N) is 11. The van der Waals surface area contributed by atoms with Crippen molar-refractivity contribution in [2.45, 2.75) is 43.6 Å². The molecule has 3 aliphatic rings. The van der Waals surface area contributed by atoms with Crippen LogP contribution in [0.15, 0.2) is 98.2 Å². The van der Waals surface area contributed by atoms with Gasteiger partial charge in [0, 0.05) is 103 Å². The van der Waals surface area contributed by atoms with E-state index in [-0.39, 0.29) is 36.1 Å². The van der Waals surface area contributed by atoms with E-state index in [2.05, 4.69) is 59.4 Å². The molecule has 11 heterocycles. The number of rotatable bonds is 10. The molecule has 3 saturated heterocycles. The zero-order chi connectivity index (χ0) is 44.2. The van der Waals surface area contributed by atoms with Gasteiger partial charge in [0.25, 0.3) is 0 Å². The third kappa shape index (κ3) is 7.25. The summed E-state index contributed by atoms with van der Waals surface area (Å²) in [5.74, 6) is -0.707. The fraction of sp³-hybridized carbons (Fsp3) is 0.277. The van der Waals surface area contributed by atoms with Gasteiger partial charge < -0.3 is 30.0 Å². The van der Waals surface area contributed by atoms with Crippen LogP contribution >= 0.6 is 0 Å². The Morgan fingerprint density at radius 2 is 1.40 bits per heavy atom. The number of aromatic amines is 2. The van der Waals surface area contributed by atoms with E-state index in [0.29, 0.717) is 50.5 Å². The summed E-state index contributed by atoms with van der Waals surface area (Å²) in [5, 5.41) is 22.2. The molecule has 65 heavy (non-hydrogen) atoms. The van der Waals surface area contributed by atoms with E-state index in [1.165, 1.54) is 12.2 Å². The molecule has 4 amide bonds. The molecule has 8 aromatic rings. The Bertz CT molecular complexity index is 3230. The number of fused-ring (bicyclic) bond motifs is 4. The van der Waals surface area contributed by atoms with Crippen molar-refractivity contribution in [3.63, 3.8) is 0 Å². The predicted molar refractivity (Wildman–Crippen MR) is 241 cm³/mol. The van der Waals surface area contributed by atoms with Crippen LogP contribution < -0.4 is 5.32 Å². The maximum atomic E-state index is 13.6. The van der Waals surface area contributed by atoms with Crippen LogP contribution in [0.5, 0.6) is 0 Å². The number of likely N-dealkylation sites (tertiary alicyclic amines) is 3. The molecule has 0 aromatic carbocycles. The molecule has 326 valence electrons. The van der Waals surface area contributed by atoms with Crippen LogP contribution in [-0.2, 0) is 19.2 Å². The Kier molecular flexibility index (Phi) is 9.96. The van der Waals surface area contributed by atoms with Crippen molar-refractivity contribution in [1.29, 1.82) is 0 Å². The Labute approximate surface area is 371 Å². The average Bonchev–Trinajstić information content (AvgIpc) is 4.20. The van der Waals surface area contributed by atoms with Crippen LogP contribution in [0.25, 0.3) is 61.4 Å². The molecule has 18 heteroatoms. The molecule has 0 saturated carbocycles. The van der Waals surface area contributed by atoms with Gasteiger partial charge in [-0.2, -0.15) is 29.7 Å². The van der Waals surface area contributed by atoms with Crippen molar-refractivity contribution in [2.75, 3.05) is 39.3 Å². The van der Waals surface area contributed by atoms with Gasteiger partial charge in [0.05, 0.1) is 35.7 Å². The van der Waals surface area contributed by atoms with Gasteiger partial charge in [-0.05, 0) is 97.5 Å². The molecule has 18 nitrogen and oxygen atoms in total. The quantitative estimate of drug-likeness (QED) is 0.164. The van der Waals surface area contributed by atoms with Gasteiger partial charge in [-0.25, -0.2) is 9.97 Å². The van der Waals surface area contributed by atoms with Gasteiger partial charge in [0.15, 0.2) is 0 Å². The summed E-state index contributed by atoms with van der Waals surface area (Å²) in [6.45, 7) is 6.22. The van der Waals surface area contributed by atoms with Crippen molar-refractivity contribution in [3.05, 3.63) is 115 Å². The van der Waals surface area contributed by atoms with Crippen molar-refractivity contribution in [1.82, 2.24) is 69.6 Å². The van der Waals surface area contributed by atoms with Crippen LogP contribution in [0.1, 0.15) is 54.6 Å². The van der Waals surface area contributed by atoms with Gasteiger partial charge in [0.2, 0.25) is 23.6 Å². The number of nitrogens with one attached hydrogen (secondary N) is 3. The van der Waals surface area contributed by atoms with E-state index in [1.54, 1.807) is 49.9 Å². The van der Waals surface area contributed by atoms with E-state index in [4.69, 9.17) is 4.98 Å². The molecule has 0 radical (unpaired) electrons. The van der Waals surface area contributed by atoms with Crippen LogP contribution in [0.3, 0.4) is 0 Å². The number of carbonyl (C=O) groups excluding carboxylic acids is 4. The van der Waals surface area contributed by atoms with Gasteiger partial charge in [-0.3, -0.25) is 19.2 Å². The van der Waals surface area contributed by atoms with Gasteiger partial charge in [0.1, 0.15) is 17.3 Å².